The number of benzene rings is 1. The van der Waals surface area contributed by atoms with Gasteiger partial charge in [-0.3, -0.25) is 4.79 Å². The molecular weight excluding hydrogens is 246 g/mol. The first-order chi connectivity index (χ1) is 9.17. The first-order valence-corrected chi connectivity index (χ1v) is 6.03. The number of nitrogens with zero attached hydrogens (tertiary/aromatic N) is 1. The van der Waals surface area contributed by atoms with Crippen LogP contribution in [-0.4, -0.2) is 30.0 Å². The molecule has 19 heavy (non-hydrogen) atoms. The van der Waals surface area contributed by atoms with Crippen LogP contribution < -0.4 is 4.74 Å². The maximum atomic E-state index is 11.9. The van der Waals surface area contributed by atoms with Gasteiger partial charge in [0.2, 0.25) is 5.91 Å². The van der Waals surface area contributed by atoms with Gasteiger partial charge in [0.25, 0.3) is 0 Å². The number of carbonyl (C=O) groups excluding carboxylic acids is 2. The minimum atomic E-state index is -0.391. The first-order valence-electron chi connectivity index (χ1n) is 6.03. The van der Waals surface area contributed by atoms with Crippen molar-refractivity contribution in [1.82, 2.24) is 4.90 Å². The van der Waals surface area contributed by atoms with Crippen LogP contribution in [0.1, 0.15) is 12.0 Å². The number of carbonyl (C=O) groups is 2. The van der Waals surface area contributed by atoms with Gasteiger partial charge in [-0.1, -0.05) is 12.1 Å². The molecule has 0 aromatic heterocycles. The van der Waals surface area contributed by atoms with Crippen molar-refractivity contribution < 1.29 is 19.1 Å². The molecule has 0 radical (unpaired) electrons. The van der Waals surface area contributed by atoms with Crippen LogP contribution in [0.4, 0.5) is 0 Å². The number of fused-ring (bicyclic) bond motifs is 1. The average Bonchev–Trinajstić information content (AvgIpc) is 2.88. The molecule has 3 rings (SSSR count). The largest absolute Gasteiger partial charge is 0.497 e. The van der Waals surface area contributed by atoms with Crippen LogP contribution >= 0.6 is 0 Å². The van der Waals surface area contributed by atoms with Gasteiger partial charge in [-0.15, -0.1) is 0 Å². The molecule has 5 nitrogen and oxygen atoms in total. The van der Waals surface area contributed by atoms with E-state index in [1.165, 1.54) is 6.08 Å². The lowest BCUT2D eigenvalue weighted by atomic mass is 10.2. The first kappa shape index (κ1) is 11.8. The molecule has 1 aromatic carbocycles. The smallest absolute Gasteiger partial charge is 0.333 e. The van der Waals surface area contributed by atoms with Crippen molar-refractivity contribution >= 4 is 11.9 Å². The number of hydrogen-bond acceptors (Lipinski definition) is 4. The number of hydrogen-bond donors (Lipinski definition) is 0. The van der Waals surface area contributed by atoms with Crippen molar-refractivity contribution in [2.24, 2.45) is 0 Å². The summed E-state index contributed by atoms with van der Waals surface area (Å²) in [6, 6.07) is 7.49. The molecule has 0 aliphatic carbocycles. The van der Waals surface area contributed by atoms with Crippen LogP contribution in [0, 0.1) is 0 Å². The van der Waals surface area contributed by atoms with E-state index in [1.807, 2.05) is 24.3 Å². The molecule has 2 heterocycles. The lowest BCUT2D eigenvalue weighted by Crippen LogP contribution is -2.23. The maximum Gasteiger partial charge on any atom is 0.333 e. The lowest BCUT2D eigenvalue weighted by Gasteiger charge is -2.17. The summed E-state index contributed by atoms with van der Waals surface area (Å²) in [6.07, 6.45) is 1.26. The van der Waals surface area contributed by atoms with Crippen LogP contribution in [-0.2, 0) is 20.9 Å². The summed E-state index contributed by atoms with van der Waals surface area (Å²) < 4.78 is 10.1. The summed E-state index contributed by atoms with van der Waals surface area (Å²) >= 11 is 0. The van der Waals surface area contributed by atoms with Gasteiger partial charge >= 0.3 is 5.97 Å². The highest BCUT2D eigenvalue weighted by Gasteiger charge is 2.41. The molecule has 0 unspecified atom stereocenters. The zero-order chi connectivity index (χ0) is 13.4. The molecule has 0 bridgehead atoms. The molecule has 2 aliphatic rings. The normalized spacial score (nSPS) is 21.2. The number of likely N-dealkylation sites (tertiary alicyclic amines) is 1. The summed E-state index contributed by atoms with van der Waals surface area (Å²) in [5.41, 5.74) is 1.65. The molecule has 1 fully saturated rings. The van der Waals surface area contributed by atoms with Gasteiger partial charge in [-0.05, 0) is 17.7 Å². The zero-order valence-electron chi connectivity index (χ0n) is 10.5. The highest BCUT2D eigenvalue weighted by molar-refractivity contribution is 5.92. The van der Waals surface area contributed by atoms with E-state index in [9.17, 15) is 9.59 Å². The van der Waals surface area contributed by atoms with E-state index in [2.05, 4.69) is 0 Å². The van der Waals surface area contributed by atoms with Crippen LogP contribution in [0.2, 0.25) is 0 Å². The summed E-state index contributed by atoms with van der Waals surface area (Å²) in [6.45, 7) is 0.446. The van der Waals surface area contributed by atoms with Gasteiger partial charge in [0.15, 0.2) is 6.10 Å². The fraction of sp³-hybridized carbons (Fsp3) is 0.286. The highest BCUT2D eigenvalue weighted by atomic mass is 16.5. The molecule has 0 saturated carbocycles. The monoisotopic (exact) mass is 259 g/mol. The zero-order valence-corrected chi connectivity index (χ0v) is 10.5. The molecule has 1 saturated heterocycles. The minimum Gasteiger partial charge on any atom is -0.497 e. The van der Waals surface area contributed by atoms with E-state index in [-0.39, 0.29) is 18.3 Å². The van der Waals surface area contributed by atoms with Crippen molar-refractivity contribution in [2.45, 2.75) is 19.1 Å². The van der Waals surface area contributed by atoms with Crippen molar-refractivity contribution in [3.8, 4) is 5.75 Å². The third-order valence-corrected chi connectivity index (χ3v) is 3.33. The number of methoxy groups -OCH3 is 1. The Hall–Kier alpha value is -2.30. The molecular formula is C14H13NO4. The third-order valence-electron chi connectivity index (χ3n) is 3.33. The fourth-order valence-corrected chi connectivity index (χ4v) is 2.35. The number of amides is 1. The van der Waals surface area contributed by atoms with Crippen molar-refractivity contribution in [3.63, 3.8) is 0 Å². The summed E-state index contributed by atoms with van der Waals surface area (Å²) in [5, 5.41) is 0. The Morgan fingerprint density at radius 1 is 1.32 bits per heavy atom. The second-order valence-corrected chi connectivity index (χ2v) is 4.53. The van der Waals surface area contributed by atoms with E-state index in [0.29, 0.717) is 12.2 Å². The Morgan fingerprint density at radius 2 is 2.05 bits per heavy atom. The molecule has 1 atom stereocenters. The Balaban J connectivity index is 1.80. The Morgan fingerprint density at radius 3 is 2.74 bits per heavy atom. The summed E-state index contributed by atoms with van der Waals surface area (Å²) in [7, 11) is 1.61. The standard InChI is InChI=1S/C14H13NO4/c1-18-10-4-2-9(3-5-10)8-15-11-6-14(17)19-12(11)7-13(15)16/h2-6,12H,7-8H2,1H3/t12-/m1/s1. The molecule has 5 heteroatoms. The predicted octanol–water partition coefficient (Wildman–Crippen LogP) is 1.24. The quantitative estimate of drug-likeness (QED) is 0.766. The van der Waals surface area contributed by atoms with Crippen molar-refractivity contribution in [3.05, 3.63) is 41.6 Å². The second kappa shape index (κ2) is 4.42. The van der Waals surface area contributed by atoms with E-state index < -0.39 is 6.10 Å². The van der Waals surface area contributed by atoms with Crippen LogP contribution in [0.15, 0.2) is 36.0 Å². The van der Waals surface area contributed by atoms with Gasteiger partial charge < -0.3 is 14.4 Å². The SMILES string of the molecule is COc1ccc(CN2C(=O)C[C@H]3OC(=O)C=C32)cc1. The van der Waals surface area contributed by atoms with Crippen LogP contribution in [0.5, 0.6) is 5.75 Å². The van der Waals surface area contributed by atoms with Gasteiger partial charge in [-0.25, -0.2) is 4.79 Å². The molecule has 1 aromatic rings. The van der Waals surface area contributed by atoms with Gasteiger partial charge in [0, 0.05) is 6.08 Å². The van der Waals surface area contributed by atoms with E-state index in [1.54, 1.807) is 12.0 Å². The third kappa shape index (κ3) is 2.07. The number of ether oxygens (including phenoxy) is 2. The highest BCUT2D eigenvalue weighted by Crippen LogP contribution is 2.31. The summed E-state index contributed by atoms with van der Waals surface area (Å²) in [4.78, 5) is 24.7. The maximum absolute atomic E-state index is 11.9. The van der Waals surface area contributed by atoms with Gasteiger partial charge in [0.1, 0.15) is 5.75 Å². The van der Waals surface area contributed by atoms with E-state index in [4.69, 9.17) is 9.47 Å². The topological polar surface area (TPSA) is 55.8 Å². The second-order valence-electron chi connectivity index (χ2n) is 4.53. The van der Waals surface area contributed by atoms with Crippen molar-refractivity contribution in [2.75, 3.05) is 7.11 Å². The minimum absolute atomic E-state index is 0.0143. The molecule has 98 valence electrons. The van der Waals surface area contributed by atoms with Crippen LogP contribution in [0.25, 0.3) is 0 Å². The average molecular weight is 259 g/mol. The number of rotatable bonds is 3. The molecule has 0 spiro atoms. The number of esters is 1. The Kier molecular flexibility index (Phi) is 2.74. The molecule has 1 amide bonds. The fourth-order valence-electron chi connectivity index (χ4n) is 2.35. The summed E-state index contributed by atoms with van der Waals surface area (Å²) in [5.74, 6) is 0.389. The predicted molar refractivity (Wildman–Crippen MR) is 66.1 cm³/mol. The van der Waals surface area contributed by atoms with Crippen LogP contribution in [0.3, 0.4) is 0 Å². The van der Waals surface area contributed by atoms with Gasteiger partial charge in [-0.2, -0.15) is 0 Å². The molecule has 2 aliphatic heterocycles. The lowest BCUT2D eigenvalue weighted by molar-refractivity contribution is -0.139. The van der Waals surface area contributed by atoms with Gasteiger partial charge in [0.05, 0.1) is 25.8 Å². The Labute approximate surface area is 110 Å². The van der Waals surface area contributed by atoms with E-state index in [0.717, 1.165) is 11.3 Å². The Bertz CT molecular complexity index is 561. The van der Waals surface area contributed by atoms with Crippen molar-refractivity contribution in [1.29, 1.82) is 0 Å². The van der Waals surface area contributed by atoms with E-state index >= 15 is 0 Å². The molecule has 0 N–H and O–H groups in total.